The fourth-order valence-corrected chi connectivity index (χ4v) is 3.99. The molecule has 4 nitrogen and oxygen atoms in total. The minimum absolute atomic E-state index is 0.158. The monoisotopic (exact) mass is 526 g/mol. The van der Waals surface area contributed by atoms with Gasteiger partial charge in [0.25, 0.3) is 5.91 Å². The Balaban J connectivity index is 1.98. The van der Waals surface area contributed by atoms with Crippen LogP contribution >= 0.6 is 0 Å². The highest BCUT2D eigenvalue weighted by atomic mass is 19.4. The smallest absolute Gasteiger partial charge is 0.369 e. The van der Waals surface area contributed by atoms with Gasteiger partial charge in [-0.25, -0.2) is 4.39 Å². The molecular formula is C26H21F7N2O2. The summed E-state index contributed by atoms with van der Waals surface area (Å²) in [5, 5.41) is 22.3. The van der Waals surface area contributed by atoms with E-state index in [1.807, 2.05) is 0 Å². The molecule has 37 heavy (non-hydrogen) atoms. The second-order valence-electron chi connectivity index (χ2n) is 8.89. The Morgan fingerprint density at radius 3 is 2.30 bits per heavy atom. The third-order valence-corrected chi connectivity index (χ3v) is 6.06. The molecule has 0 heterocycles. The number of carbonyl (C=O) groups is 1. The molecule has 1 aliphatic rings. The molecule has 0 bridgehead atoms. The van der Waals surface area contributed by atoms with Crippen LogP contribution in [0, 0.1) is 29.0 Å². The number of carbonyl (C=O) groups excluding carboxylic acids is 1. The van der Waals surface area contributed by atoms with E-state index >= 15 is 0 Å². The van der Waals surface area contributed by atoms with Crippen LogP contribution in [0.1, 0.15) is 61.3 Å². The molecule has 1 saturated carbocycles. The summed E-state index contributed by atoms with van der Waals surface area (Å²) in [7, 11) is 0. The normalized spacial score (nSPS) is 16.1. The molecule has 0 aromatic heterocycles. The van der Waals surface area contributed by atoms with Gasteiger partial charge in [-0.1, -0.05) is 18.8 Å². The summed E-state index contributed by atoms with van der Waals surface area (Å²) in [6, 6.07) is 5.69. The number of amides is 1. The van der Waals surface area contributed by atoms with E-state index in [-0.39, 0.29) is 30.5 Å². The van der Waals surface area contributed by atoms with Crippen LogP contribution in [0.2, 0.25) is 0 Å². The number of unbranched alkanes of at least 4 members (excludes halogenated alkanes) is 1. The van der Waals surface area contributed by atoms with Crippen molar-refractivity contribution in [3.8, 4) is 17.9 Å². The number of hydrogen-bond acceptors (Lipinski definition) is 3. The van der Waals surface area contributed by atoms with Crippen molar-refractivity contribution in [2.75, 3.05) is 5.32 Å². The lowest BCUT2D eigenvalue weighted by Crippen LogP contribution is -2.44. The molecule has 2 aromatic carbocycles. The summed E-state index contributed by atoms with van der Waals surface area (Å²) in [5.41, 5.74) is -7.69. The lowest BCUT2D eigenvalue weighted by molar-refractivity contribution is -0.138. The Kier molecular flexibility index (Phi) is 7.62. The maximum atomic E-state index is 14.6. The molecule has 1 fully saturated rings. The molecule has 11 heteroatoms. The van der Waals surface area contributed by atoms with Gasteiger partial charge in [-0.15, -0.1) is 0 Å². The lowest BCUT2D eigenvalue weighted by atomic mass is 9.81. The van der Waals surface area contributed by atoms with E-state index < -0.39 is 58.2 Å². The number of hydrogen-bond donors (Lipinski definition) is 2. The molecule has 1 amide bonds. The molecule has 0 saturated heterocycles. The fraction of sp³-hybridized carbons (Fsp3) is 0.385. The first-order valence-electron chi connectivity index (χ1n) is 11.2. The SMILES string of the molecule is CCCC#CC(O)(CC1(c2cc(C(F)(F)F)ccc2F)CC1)C(=O)Nc1ccc(C#N)c(C(F)(F)F)c1. The zero-order valence-corrected chi connectivity index (χ0v) is 19.4. The molecule has 1 unspecified atom stereocenters. The van der Waals surface area contributed by atoms with E-state index in [9.17, 15) is 40.6 Å². The minimum atomic E-state index is -4.90. The van der Waals surface area contributed by atoms with Crippen molar-refractivity contribution in [3.63, 3.8) is 0 Å². The van der Waals surface area contributed by atoms with Crippen molar-refractivity contribution in [2.45, 2.75) is 62.4 Å². The van der Waals surface area contributed by atoms with E-state index in [1.54, 1.807) is 6.92 Å². The largest absolute Gasteiger partial charge is 0.417 e. The Bertz CT molecular complexity index is 1300. The number of aliphatic hydroxyl groups is 1. The van der Waals surface area contributed by atoms with Gasteiger partial charge in [0.1, 0.15) is 5.82 Å². The van der Waals surface area contributed by atoms with E-state index in [2.05, 4.69) is 17.2 Å². The molecule has 1 aliphatic carbocycles. The van der Waals surface area contributed by atoms with Gasteiger partial charge >= 0.3 is 12.4 Å². The number of anilines is 1. The number of alkyl halides is 6. The Hall–Kier alpha value is -3.57. The van der Waals surface area contributed by atoms with Gasteiger partial charge in [-0.05, 0) is 61.2 Å². The first-order valence-corrected chi connectivity index (χ1v) is 11.2. The summed E-state index contributed by atoms with van der Waals surface area (Å²) in [6.07, 6.45) is -9.13. The summed E-state index contributed by atoms with van der Waals surface area (Å²) in [6.45, 7) is 1.77. The zero-order chi connectivity index (χ0) is 27.6. The molecule has 0 spiro atoms. The zero-order valence-electron chi connectivity index (χ0n) is 19.4. The van der Waals surface area contributed by atoms with Gasteiger partial charge in [0.15, 0.2) is 0 Å². The van der Waals surface area contributed by atoms with Crippen molar-refractivity contribution in [1.29, 1.82) is 5.26 Å². The quantitative estimate of drug-likeness (QED) is 0.341. The maximum absolute atomic E-state index is 14.6. The Morgan fingerprint density at radius 2 is 1.76 bits per heavy atom. The first-order chi connectivity index (χ1) is 17.1. The summed E-state index contributed by atoms with van der Waals surface area (Å²) in [4.78, 5) is 13.1. The molecule has 3 rings (SSSR count). The van der Waals surface area contributed by atoms with Crippen LogP contribution in [0.3, 0.4) is 0 Å². The Labute approximate surface area is 208 Å². The summed E-state index contributed by atoms with van der Waals surface area (Å²) >= 11 is 0. The average Bonchev–Trinajstić information content (AvgIpc) is 3.58. The molecule has 0 aliphatic heterocycles. The van der Waals surface area contributed by atoms with Crippen LogP contribution in [-0.2, 0) is 22.6 Å². The average molecular weight is 526 g/mol. The van der Waals surface area contributed by atoms with Gasteiger partial charge in [0, 0.05) is 23.9 Å². The van der Waals surface area contributed by atoms with Crippen LogP contribution in [0.15, 0.2) is 36.4 Å². The number of benzene rings is 2. The van der Waals surface area contributed by atoms with E-state index in [0.29, 0.717) is 30.7 Å². The van der Waals surface area contributed by atoms with E-state index in [4.69, 9.17) is 5.26 Å². The van der Waals surface area contributed by atoms with Crippen LogP contribution in [0.4, 0.5) is 36.4 Å². The number of halogens is 7. The van der Waals surface area contributed by atoms with Crippen LogP contribution in [-0.4, -0.2) is 16.6 Å². The molecule has 2 aromatic rings. The molecule has 196 valence electrons. The lowest BCUT2D eigenvalue weighted by Gasteiger charge is -2.28. The highest BCUT2D eigenvalue weighted by Crippen LogP contribution is 2.55. The van der Waals surface area contributed by atoms with Crippen LogP contribution in [0.25, 0.3) is 0 Å². The molecule has 2 N–H and O–H groups in total. The Morgan fingerprint density at radius 1 is 1.08 bits per heavy atom. The van der Waals surface area contributed by atoms with Gasteiger partial charge < -0.3 is 10.4 Å². The number of nitrogens with zero attached hydrogens (tertiary/aromatic N) is 1. The van der Waals surface area contributed by atoms with Crippen LogP contribution < -0.4 is 5.32 Å². The van der Waals surface area contributed by atoms with Crippen molar-refractivity contribution in [2.24, 2.45) is 0 Å². The third-order valence-electron chi connectivity index (χ3n) is 6.06. The molecular weight excluding hydrogens is 505 g/mol. The highest BCUT2D eigenvalue weighted by Gasteiger charge is 2.54. The van der Waals surface area contributed by atoms with Gasteiger partial charge in [0.05, 0.1) is 22.8 Å². The van der Waals surface area contributed by atoms with Crippen LogP contribution in [0.5, 0.6) is 0 Å². The number of nitriles is 1. The summed E-state index contributed by atoms with van der Waals surface area (Å²) in [5.74, 6) is 2.80. The van der Waals surface area contributed by atoms with Crippen molar-refractivity contribution in [1.82, 2.24) is 0 Å². The number of rotatable bonds is 6. The van der Waals surface area contributed by atoms with Crippen molar-refractivity contribution < 1.29 is 40.6 Å². The van der Waals surface area contributed by atoms with Gasteiger partial charge in [0.2, 0.25) is 5.60 Å². The summed E-state index contributed by atoms with van der Waals surface area (Å²) < 4.78 is 94.3. The standard InChI is InChI=1S/C26H21F7N2O2/c1-2-3-4-9-24(37,22(36)35-18-7-5-16(14-34)19(13-18)26(31,32)33)15-23(10-11-23)20-12-17(25(28,29)30)6-8-21(20)27/h5-8,12-13,37H,2-3,10-11,15H2,1H3,(H,35,36). The molecule has 1 atom stereocenters. The first kappa shape index (κ1) is 28.0. The van der Waals surface area contributed by atoms with Crippen molar-refractivity contribution in [3.05, 3.63) is 64.5 Å². The topological polar surface area (TPSA) is 73.1 Å². The number of nitrogens with one attached hydrogen (secondary N) is 1. The van der Waals surface area contributed by atoms with E-state index in [1.165, 1.54) is 6.07 Å². The van der Waals surface area contributed by atoms with Gasteiger partial charge in [-0.3, -0.25) is 4.79 Å². The third kappa shape index (κ3) is 6.23. The minimum Gasteiger partial charge on any atom is -0.369 e. The second kappa shape index (κ2) is 10.1. The predicted molar refractivity (Wildman–Crippen MR) is 119 cm³/mol. The highest BCUT2D eigenvalue weighted by molar-refractivity contribution is 6.00. The van der Waals surface area contributed by atoms with E-state index in [0.717, 1.165) is 12.1 Å². The second-order valence-corrected chi connectivity index (χ2v) is 8.89. The maximum Gasteiger partial charge on any atom is 0.417 e. The van der Waals surface area contributed by atoms with Gasteiger partial charge in [-0.2, -0.15) is 31.6 Å². The van der Waals surface area contributed by atoms with Crippen molar-refractivity contribution >= 4 is 11.6 Å². The predicted octanol–water partition coefficient (Wildman–Crippen LogP) is 6.33. The fourth-order valence-electron chi connectivity index (χ4n) is 3.99. The molecule has 0 radical (unpaired) electrons.